The van der Waals surface area contributed by atoms with E-state index in [0.29, 0.717) is 18.1 Å². The van der Waals surface area contributed by atoms with Crippen LogP contribution in [0.1, 0.15) is 73.1 Å². The maximum absolute atomic E-state index is 3.61. The van der Waals surface area contributed by atoms with Crippen LogP contribution < -0.4 is 5.32 Å². The van der Waals surface area contributed by atoms with Gasteiger partial charge < -0.3 is 5.32 Å². The molecule has 2 heteroatoms. The molecule has 0 aromatic heterocycles. The normalized spacial score (nSPS) is 20.0. The molecule has 0 aliphatic heterocycles. The predicted molar refractivity (Wildman–Crippen MR) is 81.1 cm³/mol. The SMILES string of the molecule is CC(C)N[C@@H](C)CCN(C(C)C)C1CCCCC1. The molecule has 2 nitrogen and oxygen atoms in total. The quantitative estimate of drug-likeness (QED) is 0.743. The summed E-state index contributed by atoms with van der Waals surface area (Å²) >= 11 is 0. The molecule has 18 heavy (non-hydrogen) atoms. The lowest BCUT2D eigenvalue weighted by Crippen LogP contribution is -2.44. The molecule has 1 aliphatic carbocycles. The van der Waals surface area contributed by atoms with Crippen LogP contribution in [0.15, 0.2) is 0 Å². The summed E-state index contributed by atoms with van der Waals surface area (Å²) in [4.78, 5) is 2.75. The number of hydrogen-bond donors (Lipinski definition) is 1. The highest BCUT2D eigenvalue weighted by Gasteiger charge is 2.23. The van der Waals surface area contributed by atoms with Crippen molar-refractivity contribution in [3.63, 3.8) is 0 Å². The molecule has 0 radical (unpaired) electrons. The molecule has 0 unspecified atom stereocenters. The summed E-state index contributed by atoms with van der Waals surface area (Å²) < 4.78 is 0. The minimum atomic E-state index is 0.599. The lowest BCUT2D eigenvalue weighted by atomic mass is 9.93. The van der Waals surface area contributed by atoms with Crippen LogP contribution in [-0.4, -0.2) is 35.6 Å². The van der Waals surface area contributed by atoms with Crippen molar-refractivity contribution in [3.05, 3.63) is 0 Å². The molecule has 0 heterocycles. The molecule has 0 aromatic rings. The largest absolute Gasteiger partial charge is 0.312 e. The van der Waals surface area contributed by atoms with Gasteiger partial charge in [0, 0.05) is 30.7 Å². The molecule has 1 fully saturated rings. The van der Waals surface area contributed by atoms with Crippen molar-refractivity contribution in [2.45, 2.75) is 97.3 Å². The third-order valence-electron chi connectivity index (χ3n) is 4.15. The van der Waals surface area contributed by atoms with E-state index in [1.54, 1.807) is 0 Å². The summed E-state index contributed by atoms with van der Waals surface area (Å²) in [6, 6.07) is 2.78. The van der Waals surface area contributed by atoms with Gasteiger partial charge >= 0.3 is 0 Å². The molecule has 0 aromatic carbocycles. The van der Waals surface area contributed by atoms with E-state index < -0.39 is 0 Å². The molecule has 1 N–H and O–H groups in total. The van der Waals surface area contributed by atoms with Gasteiger partial charge in [0.25, 0.3) is 0 Å². The van der Waals surface area contributed by atoms with Crippen molar-refractivity contribution in [2.24, 2.45) is 0 Å². The van der Waals surface area contributed by atoms with Crippen molar-refractivity contribution in [2.75, 3.05) is 6.54 Å². The van der Waals surface area contributed by atoms with Crippen LogP contribution in [0, 0.1) is 0 Å². The van der Waals surface area contributed by atoms with E-state index in [-0.39, 0.29) is 0 Å². The zero-order chi connectivity index (χ0) is 13.5. The number of hydrogen-bond acceptors (Lipinski definition) is 2. The first-order chi connectivity index (χ1) is 8.50. The Morgan fingerprint density at radius 1 is 1.00 bits per heavy atom. The summed E-state index contributed by atoms with van der Waals surface area (Å²) in [5.74, 6) is 0. The van der Waals surface area contributed by atoms with Gasteiger partial charge in [-0.15, -0.1) is 0 Å². The minimum absolute atomic E-state index is 0.599. The average molecular weight is 254 g/mol. The Hall–Kier alpha value is -0.0800. The van der Waals surface area contributed by atoms with E-state index >= 15 is 0 Å². The Labute approximate surface area is 115 Å². The van der Waals surface area contributed by atoms with E-state index in [2.05, 4.69) is 44.8 Å². The Balaban J connectivity index is 2.37. The summed E-state index contributed by atoms with van der Waals surface area (Å²) in [7, 11) is 0. The van der Waals surface area contributed by atoms with Crippen LogP contribution in [0.3, 0.4) is 0 Å². The Bertz CT molecular complexity index is 207. The summed E-state index contributed by atoms with van der Waals surface area (Å²) in [5.41, 5.74) is 0. The van der Waals surface area contributed by atoms with Crippen LogP contribution in [0.25, 0.3) is 0 Å². The second kappa shape index (κ2) is 8.16. The van der Waals surface area contributed by atoms with Gasteiger partial charge in [-0.2, -0.15) is 0 Å². The van der Waals surface area contributed by atoms with Gasteiger partial charge in [-0.1, -0.05) is 33.1 Å². The fraction of sp³-hybridized carbons (Fsp3) is 1.00. The first-order valence-corrected chi connectivity index (χ1v) is 8.02. The molecule has 1 atom stereocenters. The molecule has 1 saturated carbocycles. The van der Waals surface area contributed by atoms with Crippen LogP contribution in [0.5, 0.6) is 0 Å². The molecule has 1 rings (SSSR count). The maximum atomic E-state index is 3.61. The zero-order valence-corrected chi connectivity index (χ0v) is 13.2. The summed E-state index contributed by atoms with van der Waals surface area (Å²) in [5, 5.41) is 3.61. The first kappa shape index (κ1) is 16.0. The Kier molecular flexibility index (Phi) is 7.25. The zero-order valence-electron chi connectivity index (χ0n) is 13.2. The summed E-state index contributed by atoms with van der Waals surface area (Å²) in [6.45, 7) is 12.8. The van der Waals surface area contributed by atoms with E-state index in [9.17, 15) is 0 Å². The van der Waals surface area contributed by atoms with Crippen molar-refractivity contribution >= 4 is 0 Å². The number of nitrogens with zero attached hydrogens (tertiary/aromatic N) is 1. The third kappa shape index (κ3) is 5.71. The fourth-order valence-corrected chi connectivity index (χ4v) is 3.27. The summed E-state index contributed by atoms with van der Waals surface area (Å²) in [6.07, 6.45) is 8.44. The van der Waals surface area contributed by atoms with Gasteiger partial charge in [-0.3, -0.25) is 4.90 Å². The Morgan fingerprint density at radius 2 is 1.61 bits per heavy atom. The van der Waals surface area contributed by atoms with Crippen LogP contribution in [0.4, 0.5) is 0 Å². The van der Waals surface area contributed by atoms with Crippen molar-refractivity contribution in [1.29, 1.82) is 0 Å². The van der Waals surface area contributed by atoms with E-state index in [4.69, 9.17) is 0 Å². The number of nitrogens with one attached hydrogen (secondary N) is 1. The van der Waals surface area contributed by atoms with Gasteiger partial charge in [0.15, 0.2) is 0 Å². The molecule has 0 amide bonds. The monoisotopic (exact) mass is 254 g/mol. The highest BCUT2D eigenvalue weighted by atomic mass is 15.2. The van der Waals surface area contributed by atoms with Crippen LogP contribution in [-0.2, 0) is 0 Å². The van der Waals surface area contributed by atoms with E-state index in [1.807, 2.05) is 0 Å². The van der Waals surface area contributed by atoms with Gasteiger partial charge in [0.1, 0.15) is 0 Å². The molecule has 0 spiro atoms. The molecular formula is C16H34N2. The molecule has 1 aliphatic rings. The fourth-order valence-electron chi connectivity index (χ4n) is 3.27. The third-order valence-corrected chi connectivity index (χ3v) is 4.15. The lowest BCUT2D eigenvalue weighted by Gasteiger charge is -2.38. The van der Waals surface area contributed by atoms with Gasteiger partial charge in [-0.05, 0) is 40.0 Å². The Morgan fingerprint density at radius 3 is 2.11 bits per heavy atom. The molecule has 0 bridgehead atoms. The van der Waals surface area contributed by atoms with Gasteiger partial charge in [0.05, 0.1) is 0 Å². The minimum Gasteiger partial charge on any atom is -0.312 e. The van der Waals surface area contributed by atoms with Crippen molar-refractivity contribution < 1.29 is 0 Å². The van der Waals surface area contributed by atoms with Gasteiger partial charge in [-0.25, -0.2) is 0 Å². The van der Waals surface area contributed by atoms with Crippen LogP contribution in [0.2, 0.25) is 0 Å². The lowest BCUT2D eigenvalue weighted by molar-refractivity contribution is 0.115. The second-order valence-electron chi connectivity index (χ2n) is 6.63. The van der Waals surface area contributed by atoms with Gasteiger partial charge in [0.2, 0.25) is 0 Å². The highest BCUT2D eigenvalue weighted by molar-refractivity contribution is 4.79. The maximum Gasteiger partial charge on any atom is 0.00979 e. The van der Waals surface area contributed by atoms with E-state index in [1.165, 1.54) is 45.1 Å². The van der Waals surface area contributed by atoms with Crippen molar-refractivity contribution in [1.82, 2.24) is 10.2 Å². The van der Waals surface area contributed by atoms with E-state index in [0.717, 1.165) is 6.04 Å². The second-order valence-corrected chi connectivity index (χ2v) is 6.63. The first-order valence-electron chi connectivity index (χ1n) is 8.02. The molecule has 0 saturated heterocycles. The van der Waals surface area contributed by atoms with Crippen LogP contribution >= 0.6 is 0 Å². The molecular weight excluding hydrogens is 220 g/mol. The van der Waals surface area contributed by atoms with Crippen molar-refractivity contribution in [3.8, 4) is 0 Å². The smallest absolute Gasteiger partial charge is 0.00979 e. The predicted octanol–water partition coefficient (Wildman–Crippen LogP) is 3.81. The molecule has 108 valence electrons. The average Bonchev–Trinajstić information content (AvgIpc) is 2.29. The number of rotatable bonds is 7. The standard InChI is InChI=1S/C16H34N2/c1-13(2)17-15(5)11-12-18(14(3)4)16-9-7-6-8-10-16/h13-17H,6-12H2,1-5H3/t15-/m0/s1. The highest BCUT2D eigenvalue weighted by Crippen LogP contribution is 2.24. The topological polar surface area (TPSA) is 15.3 Å².